The maximum atomic E-state index is 13.0. The number of carbonyl (C=O) groups is 1. The molecule has 0 bridgehead atoms. The van der Waals surface area contributed by atoms with Crippen LogP contribution >= 0.6 is 0 Å². The van der Waals surface area contributed by atoms with E-state index in [1.54, 1.807) is 12.1 Å². The van der Waals surface area contributed by atoms with Crippen LogP contribution in [0, 0.1) is 5.82 Å². The third-order valence-electron chi connectivity index (χ3n) is 3.61. The van der Waals surface area contributed by atoms with E-state index >= 15 is 0 Å². The van der Waals surface area contributed by atoms with E-state index in [0.29, 0.717) is 6.42 Å². The molecule has 0 amide bonds. The van der Waals surface area contributed by atoms with Gasteiger partial charge in [-0.25, -0.2) is 9.82 Å². The van der Waals surface area contributed by atoms with E-state index in [-0.39, 0.29) is 18.3 Å². The second kappa shape index (κ2) is 5.54. The number of rotatable bonds is 4. The van der Waals surface area contributed by atoms with Crippen LogP contribution in [0.25, 0.3) is 0 Å². The van der Waals surface area contributed by atoms with Gasteiger partial charge in [0.15, 0.2) is 0 Å². The van der Waals surface area contributed by atoms with Crippen LogP contribution in [0.3, 0.4) is 0 Å². The molecule has 2 aromatic carbocycles. The molecule has 3 N–H and O–H groups in total. The minimum absolute atomic E-state index is 0.0645. The predicted molar refractivity (Wildman–Crippen MR) is 77.4 cm³/mol. The maximum absolute atomic E-state index is 13.0. The van der Waals surface area contributed by atoms with Crippen molar-refractivity contribution >= 4 is 11.7 Å². The van der Waals surface area contributed by atoms with Gasteiger partial charge in [0.2, 0.25) is 0 Å². The number of hydrogen-bond donors (Lipinski definition) is 3. The summed E-state index contributed by atoms with van der Waals surface area (Å²) >= 11 is 0. The topological polar surface area (TPSA) is 61.4 Å². The summed E-state index contributed by atoms with van der Waals surface area (Å²) in [5.74, 6) is -1.07. The number of hydrogen-bond acceptors (Lipinski definition) is 3. The number of anilines is 1. The molecule has 0 aromatic heterocycles. The van der Waals surface area contributed by atoms with Crippen LogP contribution in [0.2, 0.25) is 0 Å². The smallest absolute Gasteiger partial charge is 0.303 e. The van der Waals surface area contributed by atoms with Crippen molar-refractivity contribution in [2.45, 2.75) is 18.9 Å². The van der Waals surface area contributed by atoms with Crippen molar-refractivity contribution in [1.29, 1.82) is 0 Å². The Balaban J connectivity index is 1.87. The average molecular weight is 286 g/mol. The molecule has 5 heteroatoms. The normalized spacial score (nSPS) is 16.3. The van der Waals surface area contributed by atoms with E-state index in [4.69, 9.17) is 5.11 Å². The predicted octanol–water partition coefficient (Wildman–Crippen LogP) is 2.86. The number of benzene rings is 2. The van der Waals surface area contributed by atoms with Crippen molar-refractivity contribution in [2.24, 2.45) is 0 Å². The number of halogens is 1. The zero-order valence-electron chi connectivity index (χ0n) is 11.3. The van der Waals surface area contributed by atoms with Crippen molar-refractivity contribution in [3.8, 4) is 0 Å². The Morgan fingerprint density at radius 2 is 1.95 bits per heavy atom. The first-order chi connectivity index (χ1) is 10.1. The van der Waals surface area contributed by atoms with E-state index < -0.39 is 5.97 Å². The standard InChI is InChI=1S/C16H15FN2O2/c17-12-5-3-11(4-6-12)16-13-9-10(2-8-15(20)21)1-7-14(13)18-19-16/h1,3-7,9,16,18-19H,2,8H2,(H,20,21). The Morgan fingerprint density at radius 1 is 1.19 bits per heavy atom. The van der Waals surface area contributed by atoms with Gasteiger partial charge in [0.05, 0.1) is 11.7 Å². The molecule has 0 spiro atoms. The third-order valence-corrected chi connectivity index (χ3v) is 3.61. The first-order valence-corrected chi connectivity index (χ1v) is 6.75. The SMILES string of the molecule is O=C(O)CCc1ccc2c(c1)C(c1ccc(F)cc1)NN2. The molecule has 0 saturated carbocycles. The van der Waals surface area contributed by atoms with E-state index in [2.05, 4.69) is 10.9 Å². The molecule has 2 aromatic rings. The highest BCUT2D eigenvalue weighted by atomic mass is 19.1. The van der Waals surface area contributed by atoms with E-state index in [1.165, 1.54) is 12.1 Å². The van der Waals surface area contributed by atoms with Crippen LogP contribution in [-0.4, -0.2) is 11.1 Å². The van der Waals surface area contributed by atoms with Gasteiger partial charge in [-0.1, -0.05) is 24.3 Å². The number of carboxylic acid groups (broad SMARTS) is 1. The molecule has 1 atom stereocenters. The molecule has 1 unspecified atom stereocenters. The highest BCUT2D eigenvalue weighted by Gasteiger charge is 2.23. The summed E-state index contributed by atoms with van der Waals surface area (Å²) in [5.41, 5.74) is 10.2. The molecule has 21 heavy (non-hydrogen) atoms. The lowest BCUT2D eigenvalue weighted by Crippen LogP contribution is -2.19. The van der Waals surface area contributed by atoms with Crippen molar-refractivity contribution < 1.29 is 14.3 Å². The zero-order valence-corrected chi connectivity index (χ0v) is 11.3. The third kappa shape index (κ3) is 2.87. The minimum atomic E-state index is -0.804. The molecule has 3 rings (SSSR count). The number of carboxylic acids is 1. The zero-order chi connectivity index (χ0) is 14.8. The van der Waals surface area contributed by atoms with Gasteiger partial charge in [-0.05, 0) is 35.7 Å². The van der Waals surface area contributed by atoms with Gasteiger partial charge in [0, 0.05) is 12.0 Å². The first kappa shape index (κ1) is 13.6. The Hall–Kier alpha value is -2.40. The Labute approximate surface area is 121 Å². The van der Waals surface area contributed by atoms with Crippen LogP contribution in [0.4, 0.5) is 10.1 Å². The number of fused-ring (bicyclic) bond motifs is 1. The molecule has 108 valence electrons. The van der Waals surface area contributed by atoms with Gasteiger partial charge >= 0.3 is 5.97 Å². The van der Waals surface area contributed by atoms with Crippen molar-refractivity contribution in [3.63, 3.8) is 0 Å². The average Bonchev–Trinajstić information content (AvgIpc) is 2.89. The largest absolute Gasteiger partial charge is 0.481 e. The molecule has 1 heterocycles. The fourth-order valence-corrected chi connectivity index (χ4v) is 2.52. The maximum Gasteiger partial charge on any atom is 0.303 e. The quantitative estimate of drug-likeness (QED) is 0.809. The second-order valence-electron chi connectivity index (χ2n) is 5.07. The van der Waals surface area contributed by atoms with Gasteiger partial charge in [0.25, 0.3) is 0 Å². The summed E-state index contributed by atoms with van der Waals surface area (Å²) < 4.78 is 13.0. The molecule has 0 fully saturated rings. The number of nitrogens with one attached hydrogen (secondary N) is 2. The first-order valence-electron chi connectivity index (χ1n) is 6.75. The van der Waals surface area contributed by atoms with Crippen LogP contribution in [0.1, 0.15) is 29.2 Å². The monoisotopic (exact) mass is 286 g/mol. The number of hydrazine groups is 1. The minimum Gasteiger partial charge on any atom is -0.481 e. The lowest BCUT2D eigenvalue weighted by atomic mass is 9.96. The summed E-state index contributed by atoms with van der Waals surface area (Å²) in [6.45, 7) is 0. The molecular formula is C16H15FN2O2. The van der Waals surface area contributed by atoms with E-state index in [1.807, 2.05) is 18.2 Å². The van der Waals surface area contributed by atoms with Gasteiger partial charge in [0.1, 0.15) is 5.82 Å². The Bertz CT molecular complexity index is 670. The van der Waals surface area contributed by atoms with Crippen molar-refractivity contribution in [2.75, 3.05) is 5.43 Å². The van der Waals surface area contributed by atoms with Crippen molar-refractivity contribution in [1.82, 2.24) is 5.43 Å². The molecule has 0 aliphatic carbocycles. The fraction of sp³-hybridized carbons (Fsp3) is 0.188. The van der Waals surface area contributed by atoms with E-state index in [9.17, 15) is 9.18 Å². The summed E-state index contributed by atoms with van der Waals surface area (Å²) in [4.78, 5) is 10.7. The van der Waals surface area contributed by atoms with Crippen LogP contribution < -0.4 is 10.9 Å². The van der Waals surface area contributed by atoms with Gasteiger partial charge in [-0.15, -0.1) is 0 Å². The van der Waals surface area contributed by atoms with Crippen LogP contribution in [0.5, 0.6) is 0 Å². The molecule has 4 nitrogen and oxygen atoms in total. The second-order valence-corrected chi connectivity index (χ2v) is 5.07. The lowest BCUT2D eigenvalue weighted by molar-refractivity contribution is -0.136. The van der Waals surface area contributed by atoms with Gasteiger partial charge < -0.3 is 10.5 Å². The lowest BCUT2D eigenvalue weighted by Gasteiger charge is -2.12. The van der Waals surface area contributed by atoms with Crippen LogP contribution in [-0.2, 0) is 11.2 Å². The highest BCUT2D eigenvalue weighted by Crippen LogP contribution is 2.33. The molecular weight excluding hydrogens is 271 g/mol. The highest BCUT2D eigenvalue weighted by molar-refractivity contribution is 5.67. The fourth-order valence-electron chi connectivity index (χ4n) is 2.52. The number of aliphatic carboxylic acids is 1. The Morgan fingerprint density at radius 3 is 2.67 bits per heavy atom. The van der Waals surface area contributed by atoms with Gasteiger partial charge in [-0.2, -0.15) is 0 Å². The van der Waals surface area contributed by atoms with E-state index in [0.717, 1.165) is 22.4 Å². The van der Waals surface area contributed by atoms with Crippen molar-refractivity contribution in [3.05, 3.63) is 65.0 Å². The number of aryl methyl sites for hydroxylation is 1. The summed E-state index contributed by atoms with van der Waals surface area (Å²) in [7, 11) is 0. The molecule has 0 radical (unpaired) electrons. The van der Waals surface area contributed by atoms with Crippen LogP contribution in [0.15, 0.2) is 42.5 Å². The summed E-state index contributed by atoms with van der Waals surface area (Å²) in [6, 6.07) is 12.1. The van der Waals surface area contributed by atoms with Gasteiger partial charge in [-0.3, -0.25) is 4.79 Å². The molecule has 1 aliphatic heterocycles. The summed E-state index contributed by atoms with van der Waals surface area (Å²) in [5, 5.41) is 8.76. The summed E-state index contributed by atoms with van der Waals surface area (Å²) in [6.07, 6.45) is 0.611. The molecule has 1 aliphatic rings. The molecule has 0 saturated heterocycles. The Kier molecular flexibility index (Phi) is 3.58.